The molecule has 0 aliphatic rings. The zero-order chi connectivity index (χ0) is 9.30. The molecule has 1 rings (SSSR count). The van der Waals surface area contributed by atoms with E-state index in [1.165, 1.54) is 0 Å². The number of halogens is 3. The van der Waals surface area contributed by atoms with Crippen molar-refractivity contribution in [3.05, 3.63) is 28.4 Å². The van der Waals surface area contributed by atoms with Crippen molar-refractivity contribution >= 4 is 125 Å². The first-order valence-electron chi connectivity index (χ1n) is 2.91. The van der Waals surface area contributed by atoms with Crippen LogP contribution in [0.2, 0.25) is 0 Å². The number of hydrogen-bond acceptors (Lipinski definition) is 1. The number of benzene rings is 1. The standard InChI is InChI=1S/C7H3I3O2.K.H/c8-4-2-1-3(7(11)12)5(9)6(4)10;;/h1-2H,(H,11,12);;. The molecule has 0 aliphatic carbocycles. The van der Waals surface area contributed by atoms with Gasteiger partial charge in [0.25, 0.3) is 0 Å². The Bertz CT molecular complexity index is 341. The maximum absolute atomic E-state index is 10.7. The van der Waals surface area contributed by atoms with Gasteiger partial charge in [-0.3, -0.25) is 0 Å². The number of rotatable bonds is 1. The predicted molar refractivity (Wildman–Crippen MR) is 78.7 cm³/mol. The molecule has 0 fully saturated rings. The fourth-order valence-corrected chi connectivity index (χ4v) is 2.83. The van der Waals surface area contributed by atoms with E-state index in [9.17, 15) is 4.79 Å². The second-order valence-corrected chi connectivity index (χ2v) is 5.35. The van der Waals surface area contributed by atoms with Gasteiger partial charge in [0.1, 0.15) is 0 Å². The molecule has 0 spiro atoms. The van der Waals surface area contributed by atoms with Gasteiger partial charge in [-0.1, -0.05) is 0 Å². The maximum atomic E-state index is 10.7. The molecular formula is C7H4I3KO2. The number of carboxylic acid groups (broad SMARTS) is 1. The first kappa shape index (κ1) is 15.5. The summed E-state index contributed by atoms with van der Waals surface area (Å²) in [5, 5.41) is 8.77. The van der Waals surface area contributed by atoms with Crippen molar-refractivity contribution in [1.82, 2.24) is 0 Å². The molecule has 0 unspecified atom stereocenters. The van der Waals surface area contributed by atoms with Crippen LogP contribution in [-0.2, 0) is 0 Å². The molecule has 0 saturated carbocycles. The molecule has 0 amide bonds. The summed E-state index contributed by atoms with van der Waals surface area (Å²) in [5.74, 6) is -0.867. The third-order valence-corrected chi connectivity index (χ3v) is 6.47. The van der Waals surface area contributed by atoms with Crippen molar-refractivity contribution in [3.63, 3.8) is 0 Å². The van der Waals surface area contributed by atoms with Crippen LogP contribution in [0.5, 0.6) is 0 Å². The van der Waals surface area contributed by atoms with Crippen LogP contribution >= 0.6 is 67.8 Å². The second kappa shape index (κ2) is 6.96. The Labute approximate surface area is 159 Å². The molecule has 1 aromatic carbocycles. The molecule has 2 nitrogen and oxygen atoms in total. The summed E-state index contributed by atoms with van der Waals surface area (Å²) in [4.78, 5) is 10.7. The molecule has 0 heterocycles. The summed E-state index contributed by atoms with van der Waals surface area (Å²) in [6.45, 7) is 0. The van der Waals surface area contributed by atoms with Gasteiger partial charge in [0, 0.05) is 10.7 Å². The molecule has 0 saturated heterocycles. The Kier molecular flexibility index (Phi) is 8.31. The minimum atomic E-state index is -0.867. The monoisotopic (exact) mass is 540 g/mol. The van der Waals surface area contributed by atoms with Crippen LogP contribution in [-0.4, -0.2) is 62.5 Å². The quantitative estimate of drug-likeness (QED) is 0.338. The SMILES string of the molecule is O=C(O)c1ccc(I)c(I)c1I.[KH]. The van der Waals surface area contributed by atoms with Crippen LogP contribution in [0, 0.1) is 10.7 Å². The molecule has 6 heteroatoms. The number of carbonyl (C=O) groups is 1. The fraction of sp³-hybridized carbons (Fsp3) is 0. The van der Waals surface area contributed by atoms with E-state index in [1.54, 1.807) is 6.07 Å². The van der Waals surface area contributed by atoms with E-state index < -0.39 is 5.97 Å². The number of aromatic carboxylic acids is 1. The average Bonchev–Trinajstić information content (AvgIpc) is 2.00. The van der Waals surface area contributed by atoms with Crippen LogP contribution in [0.25, 0.3) is 0 Å². The van der Waals surface area contributed by atoms with E-state index in [1.807, 2.05) is 6.07 Å². The fourth-order valence-electron chi connectivity index (χ4n) is 0.691. The number of hydrogen-bond donors (Lipinski definition) is 1. The Balaban J connectivity index is 0.00000144. The van der Waals surface area contributed by atoms with Crippen LogP contribution in [0.4, 0.5) is 0 Å². The van der Waals surface area contributed by atoms with Gasteiger partial charge < -0.3 is 5.11 Å². The molecule has 0 aromatic heterocycles. The first-order valence-corrected chi connectivity index (χ1v) is 6.14. The van der Waals surface area contributed by atoms with Gasteiger partial charge in [-0.15, -0.1) is 0 Å². The Morgan fingerprint density at radius 3 is 2.15 bits per heavy atom. The Morgan fingerprint density at radius 1 is 1.15 bits per heavy atom. The topological polar surface area (TPSA) is 37.3 Å². The van der Waals surface area contributed by atoms with Crippen molar-refractivity contribution in [2.45, 2.75) is 0 Å². The summed E-state index contributed by atoms with van der Waals surface area (Å²) in [7, 11) is 0. The molecule has 0 radical (unpaired) electrons. The van der Waals surface area contributed by atoms with Crippen LogP contribution in [0.15, 0.2) is 12.1 Å². The van der Waals surface area contributed by atoms with E-state index in [2.05, 4.69) is 67.8 Å². The van der Waals surface area contributed by atoms with Crippen molar-refractivity contribution in [1.29, 1.82) is 0 Å². The predicted octanol–water partition coefficient (Wildman–Crippen LogP) is 2.55. The summed E-state index contributed by atoms with van der Waals surface area (Å²) in [5.41, 5.74) is 0.375. The van der Waals surface area contributed by atoms with E-state index in [4.69, 9.17) is 5.11 Å². The van der Waals surface area contributed by atoms with Crippen LogP contribution in [0.1, 0.15) is 10.4 Å². The third kappa shape index (κ3) is 4.11. The van der Waals surface area contributed by atoms with Gasteiger partial charge in [0.05, 0.1) is 5.56 Å². The Hall–Kier alpha value is 2.52. The summed E-state index contributed by atoms with van der Waals surface area (Å²) >= 11 is 6.39. The molecule has 0 bridgehead atoms. The van der Waals surface area contributed by atoms with E-state index in [0.29, 0.717) is 5.56 Å². The summed E-state index contributed by atoms with van der Waals surface area (Å²) in [6.07, 6.45) is 0. The first-order chi connectivity index (χ1) is 5.54. The van der Waals surface area contributed by atoms with Gasteiger partial charge in [-0.2, -0.15) is 0 Å². The molecular weight excluding hydrogens is 536 g/mol. The van der Waals surface area contributed by atoms with E-state index in [-0.39, 0.29) is 51.4 Å². The van der Waals surface area contributed by atoms with Crippen LogP contribution < -0.4 is 0 Å². The van der Waals surface area contributed by atoms with Crippen molar-refractivity contribution in [3.8, 4) is 0 Å². The normalized spacial score (nSPS) is 9.15. The van der Waals surface area contributed by atoms with Gasteiger partial charge in [-0.05, 0) is 79.9 Å². The summed E-state index contributed by atoms with van der Waals surface area (Å²) < 4.78 is 2.91. The van der Waals surface area contributed by atoms with Crippen LogP contribution in [0.3, 0.4) is 0 Å². The third-order valence-electron chi connectivity index (χ3n) is 1.27. The zero-order valence-electron chi connectivity index (χ0n) is 5.64. The Morgan fingerprint density at radius 2 is 1.69 bits per heavy atom. The zero-order valence-corrected chi connectivity index (χ0v) is 12.1. The molecule has 66 valence electrons. The van der Waals surface area contributed by atoms with Crippen molar-refractivity contribution in [2.24, 2.45) is 0 Å². The molecule has 1 N–H and O–H groups in total. The number of carboxylic acids is 1. The molecule has 13 heavy (non-hydrogen) atoms. The second-order valence-electron chi connectivity index (χ2n) is 2.03. The van der Waals surface area contributed by atoms with E-state index >= 15 is 0 Å². The van der Waals surface area contributed by atoms with Crippen molar-refractivity contribution in [2.75, 3.05) is 0 Å². The molecule has 0 atom stereocenters. The minimum absolute atomic E-state index is 0. The molecule has 0 aliphatic heterocycles. The van der Waals surface area contributed by atoms with E-state index in [0.717, 1.165) is 10.7 Å². The van der Waals surface area contributed by atoms with Gasteiger partial charge in [0.2, 0.25) is 0 Å². The van der Waals surface area contributed by atoms with Gasteiger partial charge in [0.15, 0.2) is 0 Å². The summed E-state index contributed by atoms with van der Waals surface area (Å²) in [6, 6.07) is 3.45. The average molecular weight is 540 g/mol. The van der Waals surface area contributed by atoms with Gasteiger partial charge >= 0.3 is 57.4 Å². The van der Waals surface area contributed by atoms with Crippen molar-refractivity contribution < 1.29 is 9.90 Å². The molecule has 1 aromatic rings. The van der Waals surface area contributed by atoms with Gasteiger partial charge in [-0.25, -0.2) is 4.79 Å².